The van der Waals surface area contributed by atoms with Gasteiger partial charge in [-0.2, -0.15) is 26.3 Å². The number of likely N-dealkylation sites (tertiary alicyclic amines) is 1. The molecule has 3 nitrogen and oxygen atoms in total. The zero-order chi connectivity index (χ0) is 19.4. The summed E-state index contributed by atoms with van der Waals surface area (Å²) in [5.74, 6) is -0.942. The van der Waals surface area contributed by atoms with Crippen LogP contribution in [0.3, 0.4) is 0 Å². The van der Waals surface area contributed by atoms with Gasteiger partial charge in [-0.3, -0.25) is 4.79 Å². The summed E-state index contributed by atoms with van der Waals surface area (Å²) in [5.41, 5.74) is -3.63. The average Bonchev–Trinajstić information content (AvgIpc) is 3.05. The molecule has 0 saturated carbocycles. The number of hydrogen-bond donors (Lipinski definition) is 1. The van der Waals surface area contributed by atoms with E-state index in [0.717, 1.165) is 38.9 Å². The Hall–Kier alpha value is -1.77. The Balaban J connectivity index is 1.96. The molecular weight excluding hydrogens is 362 g/mol. The average molecular weight is 382 g/mol. The quantitative estimate of drug-likeness (QED) is 0.587. The second kappa shape index (κ2) is 8.28. The Labute approximate surface area is 147 Å². The van der Waals surface area contributed by atoms with Crippen LogP contribution in [0.2, 0.25) is 0 Å². The lowest BCUT2D eigenvalue weighted by atomic mass is 10.0. The first-order valence-corrected chi connectivity index (χ1v) is 8.37. The van der Waals surface area contributed by atoms with Gasteiger partial charge in [-0.1, -0.05) is 0 Å². The lowest BCUT2D eigenvalue weighted by molar-refractivity contribution is -0.143. The molecule has 1 N–H and O–H groups in total. The molecule has 146 valence electrons. The van der Waals surface area contributed by atoms with E-state index >= 15 is 0 Å². The van der Waals surface area contributed by atoms with Crippen LogP contribution in [0.15, 0.2) is 18.2 Å². The summed E-state index contributed by atoms with van der Waals surface area (Å²) < 4.78 is 76.8. The van der Waals surface area contributed by atoms with Gasteiger partial charge in [0.1, 0.15) is 0 Å². The van der Waals surface area contributed by atoms with Crippen molar-refractivity contribution in [3.63, 3.8) is 0 Å². The summed E-state index contributed by atoms with van der Waals surface area (Å²) in [5, 5.41) is 2.39. The molecule has 1 aromatic carbocycles. The third-order valence-corrected chi connectivity index (χ3v) is 4.24. The minimum Gasteiger partial charge on any atom is -0.352 e. The summed E-state index contributed by atoms with van der Waals surface area (Å²) >= 11 is 0. The standard InChI is InChI=1S/C17H20F6N2O/c18-16(19,20)13-9-12(10-14(11-13)17(21,22)23)15(26)24-5-1-2-6-25-7-3-4-8-25/h9-11H,1-8H2,(H,24,26). The number of carbonyl (C=O) groups excluding carboxylic acids is 1. The van der Waals surface area contributed by atoms with E-state index < -0.39 is 35.0 Å². The number of halogens is 6. The fourth-order valence-electron chi connectivity index (χ4n) is 2.86. The second-order valence-corrected chi connectivity index (χ2v) is 6.31. The normalized spacial score (nSPS) is 16.1. The van der Waals surface area contributed by atoms with Gasteiger partial charge in [0, 0.05) is 12.1 Å². The van der Waals surface area contributed by atoms with Crippen molar-refractivity contribution in [1.29, 1.82) is 0 Å². The number of benzene rings is 1. The summed E-state index contributed by atoms with van der Waals surface area (Å²) in [6, 6.07) is 0.885. The molecular formula is C17H20F6N2O. The zero-order valence-electron chi connectivity index (χ0n) is 14.0. The molecule has 9 heteroatoms. The van der Waals surface area contributed by atoms with E-state index in [0.29, 0.717) is 18.6 Å². The molecule has 0 unspecified atom stereocenters. The Morgan fingerprint density at radius 2 is 1.46 bits per heavy atom. The maximum atomic E-state index is 12.8. The van der Waals surface area contributed by atoms with Crippen molar-refractivity contribution < 1.29 is 31.1 Å². The topological polar surface area (TPSA) is 32.3 Å². The number of rotatable bonds is 6. The molecule has 0 aromatic heterocycles. The number of carbonyl (C=O) groups is 1. The summed E-state index contributed by atoms with van der Waals surface area (Å²) in [6.45, 7) is 3.15. The number of amides is 1. The molecule has 1 aliphatic heterocycles. The molecule has 1 heterocycles. The van der Waals surface area contributed by atoms with Crippen molar-refractivity contribution in [3.05, 3.63) is 34.9 Å². The molecule has 0 bridgehead atoms. The number of hydrogen-bond acceptors (Lipinski definition) is 2. The molecule has 0 aliphatic carbocycles. The zero-order valence-corrected chi connectivity index (χ0v) is 14.0. The molecule has 2 rings (SSSR count). The fourth-order valence-corrected chi connectivity index (χ4v) is 2.86. The van der Waals surface area contributed by atoms with Gasteiger partial charge in [0.2, 0.25) is 0 Å². The Kier molecular flexibility index (Phi) is 6.54. The molecule has 1 fully saturated rings. The second-order valence-electron chi connectivity index (χ2n) is 6.31. The van der Waals surface area contributed by atoms with E-state index in [4.69, 9.17) is 0 Å². The lowest BCUT2D eigenvalue weighted by Crippen LogP contribution is -2.27. The van der Waals surface area contributed by atoms with Gasteiger partial charge in [0.15, 0.2) is 0 Å². The van der Waals surface area contributed by atoms with Crippen molar-refractivity contribution in [2.75, 3.05) is 26.2 Å². The van der Waals surface area contributed by atoms with Crippen LogP contribution in [-0.2, 0) is 12.4 Å². The fraction of sp³-hybridized carbons (Fsp3) is 0.588. The lowest BCUT2D eigenvalue weighted by Gasteiger charge is -2.15. The monoisotopic (exact) mass is 382 g/mol. The first kappa shape index (κ1) is 20.5. The molecule has 26 heavy (non-hydrogen) atoms. The Morgan fingerprint density at radius 3 is 1.96 bits per heavy atom. The first-order chi connectivity index (χ1) is 12.1. The third-order valence-electron chi connectivity index (χ3n) is 4.24. The van der Waals surface area contributed by atoms with Crippen LogP contribution in [0.4, 0.5) is 26.3 Å². The maximum absolute atomic E-state index is 12.8. The van der Waals surface area contributed by atoms with Crippen molar-refractivity contribution in [2.24, 2.45) is 0 Å². The van der Waals surface area contributed by atoms with Gasteiger partial charge < -0.3 is 10.2 Å². The van der Waals surface area contributed by atoms with E-state index in [1.54, 1.807) is 0 Å². The molecule has 1 aliphatic rings. The minimum absolute atomic E-state index is 0.00677. The molecule has 0 spiro atoms. The Morgan fingerprint density at radius 1 is 0.923 bits per heavy atom. The number of nitrogens with zero attached hydrogens (tertiary/aromatic N) is 1. The van der Waals surface area contributed by atoms with Crippen molar-refractivity contribution in [1.82, 2.24) is 10.2 Å². The smallest absolute Gasteiger partial charge is 0.352 e. The number of unbranched alkanes of at least 4 members (excludes halogenated alkanes) is 1. The summed E-state index contributed by atoms with van der Waals surface area (Å²) in [6.07, 6.45) is -6.20. The largest absolute Gasteiger partial charge is 0.416 e. The van der Waals surface area contributed by atoms with Gasteiger partial charge in [-0.05, 0) is 63.5 Å². The van der Waals surface area contributed by atoms with E-state index in [1.807, 2.05) is 0 Å². The molecule has 0 radical (unpaired) electrons. The van der Waals surface area contributed by atoms with E-state index in [1.165, 1.54) is 0 Å². The summed E-state index contributed by atoms with van der Waals surface area (Å²) in [4.78, 5) is 14.2. The predicted molar refractivity (Wildman–Crippen MR) is 83.7 cm³/mol. The third kappa shape index (κ3) is 5.89. The Bertz CT molecular complexity index is 588. The van der Waals surface area contributed by atoms with E-state index in [2.05, 4.69) is 10.2 Å². The maximum Gasteiger partial charge on any atom is 0.416 e. The SMILES string of the molecule is O=C(NCCCCN1CCCC1)c1cc(C(F)(F)F)cc(C(F)(F)F)c1. The highest BCUT2D eigenvalue weighted by atomic mass is 19.4. The highest BCUT2D eigenvalue weighted by Crippen LogP contribution is 2.36. The van der Waals surface area contributed by atoms with Crippen molar-refractivity contribution in [2.45, 2.75) is 38.0 Å². The van der Waals surface area contributed by atoms with Gasteiger partial charge in [-0.15, -0.1) is 0 Å². The van der Waals surface area contributed by atoms with Crippen LogP contribution < -0.4 is 5.32 Å². The van der Waals surface area contributed by atoms with Crippen LogP contribution in [0.1, 0.15) is 47.2 Å². The van der Waals surface area contributed by atoms with E-state index in [9.17, 15) is 31.1 Å². The molecule has 1 amide bonds. The minimum atomic E-state index is -4.97. The van der Waals surface area contributed by atoms with Crippen LogP contribution in [0, 0.1) is 0 Å². The van der Waals surface area contributed by atoms with Crippen LogP contribution >= 0.6 is 0 Å². The highest BCUT2D eigenvalue weighted by molar-refractivity contribution is 5.94. The highest BCUT2D eigenvalue weighted by Gasteiger charge is 2.37. The summed E-state index contributed by atoms with van der Waals surface area (Å²) in [7, 11) is 0. The first-order valence-electron chi connectivity index (χ1n) is 8.37. The van der Waals surface area contributed by atoms with Crippen LogP contribution in [0.5, 0.6) is 0 Å². The number of alkyl halides is 6. The van der Waals surface area contributed by atoms with Crippen LogP contribution in [0.25, 0.3) is 0 Å². The van der Waals surface area contributed by atoms with Gasteiger partial charge in [0.05, 0.1) is 11.1 Å². The van der Waals surface area contributed by atoms with Gasteiger partial charge in [-0.25, -0.2) is 0 Å². The molecule has 0 atom stereocenters. The van der Waals surface area contributed by atoms with Gasteiger partial charge in [0.25, 0.3) is 5.91 Å². The van der Waals surface area contributed by atoms with Crippen LogP contribution in [-0.4, -0.2) is 37.0 Å². The van der Waals surface area contributed by atoms with Crippen molar-refractivity contribution in [3.8, 4) is 0 Å². The molecule has 1 aromatic rings. The molecule has 1 saturated heterocycles. The van der Waals surface area contributed by atoms with Crippen molar-refractivity contribution >= 4 is 5.91 Å². The van der Waals surface area contributed by atoms with Gasteiger partial charge >= 0.3 is 12.4 Å². The number of nitrogens with one attached hydrogen (secondary N) is 1. The predicted octanol–water partition coefficient (Wildman–Crippen LogP) is 4.33. The van der Waals surface area contributed by atoms with E-state index in [-0.39, 0.29) is 12.6 Å².